The average molecular weight is 456 g/mol. The fourth-order valence-electron chi connectivity index (χ4n) is 3.00. The number of nitrogens with one attached hydrogen (secondary N) is 1. The van der Waals surface area contributed by atoms with E-state index in [9.17, 15) is 9.90 Å². The van der Waals surface area contributed by atoms with Gasteiger partial charge in [0.1, 0.15) is 5.75 Å². The molecule has 31 heavy (non-hydrogen) atoms. The molecule has 2 N–H and O–H groups in total. The molecule has 2 aromatic carbocycles. The molecule has 1 aromatic heterocycles. The number of nitrogens with zero attached hydrogens (tertiary/aromatic N) is 2. The van der Waals surface area contributed by atoms with E-state index >= 15 is 0 Å². The number of H-pyrrole nitrogens is 1. The number of anilines is 1. The van der Waals surface area contributed by atoms with Crippen molar-refractivity contribution in [3.8, 4) is 22.9 Å². The van der Waals surface area contributed by atoms with Crippen LogP contribution in [0.3, 0.4) is 0 Å². The zero-order chi connectivity index (χ0) is 22.5. The summed E-state index contributed by atoms with van der Waals surface area (Å²) in [6.45, 7) is 1.73. The molecule has 6 nitrogen and oxygen atoms in total. The number of aromatic amines is 1. The third-order valence-corrected chi connectivity index (χ3v) is 5.39. The Labute approximate surface area is 188 Å². The van der Waals surface area contributed by atoms with Gasteiger partial charge in [0.25, 0.3) is 6.01 Å². The molecule has 1 heterocycles. The van der Waals surface area contributed by atoms with Crippen molar-refractivity contribution in [3.63, 3.8) is 0 Å². The van der Waals surface area contributed by atoms with Crippen LogP contribution in [0.25, 0.3) is 11.1 Å². The van der Waals surface area contributed by atoms with Crippen molar-refractivity contribution in [3.05, 3.63) is 77.1 Å². The molecule has 0 saturated carbocycles. The molecule has 0 aliphatic heterocycles. The van der Waals surface area contributed by atoms with Gasteiger partial charge in [0, 0.05) is 42.8 Å². The van der Waals surface area contributed by atoms with Crippen molar-refractivity contribution in [1.29, 1.82) is 0 Å². The summed E-state index contributed by atoms with van der Waals surface area (Å²) in [6.07, 6.45) is 3.21. The van der Waals surface area contributed by atoms with Crippen LogP contribution in [0.15, 0.2) is 60.9 Å². The highest BCUT2D eigenvalue weighted by atomic mass is 35.5. The highest BCUT2D eigenvalue weighted by Crippen LogP contribution is 2.28. The summed E-state index contributed by atoms with van der Waals surface area (Å²) in [5.74, 6) is -0.650. The van der Waals surface area contributed by atoms with E-state index in [2.05, 4.69) is 19.2 Å². The zero-order valence-corrected chi connectivity index (χ0v) is 19.3. The van der Waals surface area contributed by atoms with Gasteiger partial charge in [0.15, 0.2) is 0 Å². The number of carboxylic acid groups (broad SMARTS) is 1. The van der Waals surface area contributed by atoms with Crippen LogP contribution in [-0.2, 0) is 0 Å². The summed E-state index contributed by atoms with van der Waals surface area (Å²) < 4.78 is 5.73. The maximum absolute atomic E-state index is 11.4. The topological polar surface area (TPSA) is 78.5 Å². The third kappa shape index (κ3) is 5.54. The van der Waals surface area contributed by atoms with Crippen LogP contribution in [0.4, 0.5) is 5.69 Å². The fraction of sp³-hybridized carbons (Fsp3) is 0.130. The SMILES string of the molecule is Cc1ccc(Oc2nccc(-c3ccc(N(C)C)c(P)c3)c(Cl)cc[nH]2)cc1C(=O)O. The fourth-order valence-corrected chi connectivity index (χ4v) is 3.77. The monoisotopic (exact) mass is 455 g/mol. The normalized spacial score (nSPS) is 10.4. The first-order chi connectivity index (χ1) is 14.8. The molecule has 8 heteroatoms. The van der Waals surface area contributed by atoms with Crippen molar-refractivity contribution in [2.24, 2.45) is 0 Å². The molecule has 0 aliphatic rings. The van der Waals surface area contributed by atoms with Gasteiger partial charge in [-0.1, -0.05) is 23.7 Å². The van der Waals surface area contributed by atoms with Crippen LogP contribution in [0, 0.1) is 6.92 Å². The van der Waals surface area contributed by atoms with Gasteiger partial charge in [-0.05, 0) is 59.8 Å². The molecule has 0 fully saturated rings. The van der Waals surface area contributed by atoms with Gasteiger partial charge >= 0.3 is 5.97 Å². The van der Waals surface area contributed by atoms with E-state index in [0.29, 0.717) is 16.3 Å². The predicted octanol–water partition coefficient (Wildman–Crippen LogP) is 5.22. The lowest BCUT2D eigenvalue weighted by Crippen LogP contribution is -2.15. The Kier molecular flexibility index (Phi) is 7.16. The van der Waals surface area contributed by atoms with Crippen molar-refractivity contribution in [2.75, 3.05) is 19.0 Å². The lowest BCUT2D eigenvalue weighted by Gasteiger charge is -2.16. The van der Waals surface area contributed by atoms with Gasteiger partial charge in [-0.2, -0.15) is 0 Å². The second-order valence-corrected chi connectivity index (χ2v) is 8.07. The molecule has 0 aliphatic carbocycles. The standard InChI is InChI=1S/C23H23ClN3O3P/c1-14-4-6-16(13-18(14)22(28)29)30-23-25-10-8-17(19(24)9-11-26-23)15-5-7-20(27(2)3)21(31)12-15/h4-13H,31H2,1-3H3,(H,25,26)(H,28,29). The summed E-state index contributed by atoms with van der Waals surface area (Å²) in [5.41, 5.74) is 3.68. The largest absolute Gasteiger partial charge is 0.478 e. The highest BCUT2D eigenvalue weighted by molar-refractivity contribution is 7.28. The summed E-state index contributed by atoms with van der Waals surface area (Å²) in [5, 5.41) is 10.9. The van der Waals surface area contributed by atoms with Gasteiger partial charge in [-0.3, -0.25) is 0 Å². The van der Waals surface area contributed by atoms with Crippen molar-refractivity contribution in [1.82, 2.24) is 9.97 Å². The number of hydrogen-bond donors (Lipinski definition) is 2. The summed E-state index contributed by atoms with van der Waals surface area (Å²) in [7, 11) is 6.73. The number of aromatic nitrogens is 2. The van der Waals surface area contributed by atoms with Crippen LogP contribution in [0.2, 0.25) is 5.02 Å². The summed E-state index contributed by atoms with van der Waals surface area (Å²) >= 11 is 6.53. The number of aromatic carboxylic acids is 1. The van der Waals surface area contributed by atoms with Gasteiger partial charge in [-0.15, -0.1) is 9.24 Å². The lowest BCUT2D eigenvalue weighted by molar-refractivity contribution is 0.0695. The van der Waals surface area contributed by atoms with Crippen molar-refractivity contribution < 1.29 is 14.6 Å². The van der Waals surface area contributed by atoms with Crippen molar-refractivity contribution in [2.45, 2.75) is 6.92 Å². The number of ether oxygens (including phenoxy) is 1. The molecule has 3 aromatic rings. The number of aryl methyl sites for hydroxylation is 1. The molecule has 0 spiro atoms. The molecule has 0 saturated heterocycles. The second kappa shape index (κ2) is 9.82. The zero-order valence-electron chi connectivity index (χ0n) is 17.4. The minimum absolute atomic E-state index is 0.175. The Morgan fingerprint density at radius 2 is 1.94 bits per heavy atom. The lowest BCUT2D eigenvalue weighted by atomic mass is 10.1. The molecular weight excluding hydrogens is 433 g/mol. The van der Waals surface area contributed by atoms with Crippen LogP contribution >= 0.6 is 20.8 Å². The molecule has 0 radical (unpaired) electrons. The van der Waals surface area contributed by atoms with E-state index in [1.54, 1.807) is 43.6 Å². The first kappa shape index (κ1) is 22.6. The second-order valence-electron chi connectivity index (χ2n) is 7.04. The number of carboxylic acids is 1. The molecule has 1 atom stereocenters. The number of benzene rings is 2. The first-order valence-electron chi connectivity index (χ1n) is 9.42. The van der Waals surface area contributed by atoms with Gasteiger partial charge in [-0.25, -0.2) is 9.78 Å². The van der Waals surface area contributed by atoms with E-state index in [1.807, 2.05) is 37.2 Å². The highest BCUT2D eigenvalue weighted by Gasteiger charge is 2.10. The molecule has 0 bridgehead atoms. The Morgan fingerprint density at radius 3 is 2.61 bits per heavy atom. The molecule has 160 valence electrons. The maximum atomic E-state index is 11.4. The van der Waals surface area contributed by atoms with E-state index < -0.39 is 5.97 Å². The molecule has 0 amide bonds. The summed E-state index contributed by atoms with van der Waals surface area (Å²) in [4.78, 5) is 20.6. The van der Waals surface area contributed by atoms with Crippen LogP contribution in [-0.4, -0.2) is 35.1 Å². The van der Waals surface area contributed by atoms with Gasteiger partial charge in [0.2, 0.25) is 0 Å². The van der Waals surface area contributed by atoms with Gasteiger partial charge in [0.05, 0.1) is 5.56 Å². The van der Waals surface area contributed by atoms with E-state index in [1.165, 1.54) is 6.07 Å². The number of halogens is 1. The number of rotatable bonds is 5. The minimum atomic E-state index is -1.01. The quantitative estimate of drug-likeness (QED) is 0.516. The summed E-state index contributed by atoms with van der Waals surface area (Å²) in [6, 6.07) is 14.6. The van der Waals surface area contributed by atoms with Crippen LogP contribution in [0.5, 0.6) is 11.8 Å². The van der Waals surface area contributed by atoms with Crippen molar-refractivity contribution >= 4 is 37.8 Å². The van der Waals surface area contributed by atoms with E-state index in [0.717, 1.165) is 22.1 Å². The first-order valence-corrected chi connectivity index (χ1v) is 10.4. The van der Waals surface area contributed by atoms with Crippen LogP contribution in [0.1, 0.15) is 15.9 Å². The Balaban J connectivity index is 1.97. The average Bonchev–Trinajstić information content (AvgIpc) is 2.79. The number of carbonyl (C=O) groups is 1. The smallest absolute Gasteiger partial charge is 0.336 e. The van der Waals surface area contributed by atoms with E-state index in [-0.39, 0.29) is 11.6 Å². The maximum Gasteiger partial charge on any atom is 0.336 e. The Morgan fingerprint density at radius 1 is 1.16 bits per heavy atom. The van der Waals surface area contributed by atoms with Gasteiger partial charge < -0.3 is 19.7 Å². The third-order valence-electron chi connectivity index (χ3n) is 4.60. The molecule has 3 rings (SSSR count). The van der Waals surface area contributed by atoms with Crippen LogP contribution < -0.4 is 14.9 Å². The Hall–Kier alpha value is -3.08. The minimum Gasteiger partial charge on any atom is -0.478 e. The predicted molar refractivity (Wildman–Crippen MR) is 129 cm³/mol. The Bertz CT molecular complexity index is 1180. The molecular formula is C23H23ClN3O3P. The van der Waals surface area contributed by atoms with E-state index in [4.69, 9.17) is 16.3 Å². The molecule has 1 unspecified atom stereocenters. The number of hydrogen-bond acceptors (Lipinski definition) is 4.